The van der Waals surface area contributed by atoms with Crippen LogP contribution in [0.1, 0.15) is 34.5 Å². The van der Waals surface area contributed by atoms with E-state index in [0.29, 0.717) is 10.6 Å². The lowest BCUT2D eigenvalue weighted by atomic mass is 9.95. The summed E-state index contributed by atoms with van der Waals surface area (Å²) in [5.74, 6) is -0.510. The standard InChI is InChI=1S/C20H17ClN2O3/c1-12-15-4-2-3-5-16(15)26-17(12)18(24)22-23-19(25)20(10-11-20)13-6-8-14(21)9-7-13/h2-9H,10-11H2,1H3,(H,22,24)(H,23,25). The molecule has 1 fully saturated rings. The van der Waals surface area contributed by atoms with Gasteiger partial charge in [0.1, 0.15) is 5.58 Å². The molecular weight excluding hydrogens is 352 g/mol. The van der Waals surface area contributed by atoms with Gasteiger partial charge < -0.3 is 4.42 Å². The first-order chi connectivity index (χ1) is 12.5. The smallest absolute Gasteiger partial charge is 0.305 e. The number of carbonyl (C=O) groups excluding carboxylic acids is 2. The number of aryl methyl sites for hydroxylation is 1. The molecule has 5 nitrogen and oxygen atoms in total. The maximum absolute atomic E-state index is 12.6. The molecular formula is C20H17ClN2O3. The Hall–Kier alpha value is -2.79. The van der Waals surface area contributed by atoms with Crippen LogP contribution in [0.2, 0.25) is 5.02 Å². The summed E-state index contributed by atoms with van der Waals surface area (Å²) in [6.07, 6.45) is 1.47. The number of hydrogen-bond acceptors (Lipinski definition) is 3. The van der Waals surface area contributed by atoms with E-state index in [0.717, 1.165) is 29.4 Å². The average Bonchev–Trinajstić information content (AvgIpc) is 3.40. The Morgan fingerprint density at radius 1 is 1.04 bits per heavy atom. The Morgan fingerprint density at radius 3 is 2.38 bits per heavy atom. The van der Waals surface area contributed by atoms with Crippen molar-refractivity contribution in [3.63, 3.8) is 0 Å². The van der Waals surface area contributed by atoms with Crippen LogP contribution in [-0.4, -0.2) is 11.8 Å². The van der Waals surface area contributed by atoms with Gasteiger partial charge >= 0.3 is 5.91 Å². The number of rotatable bonds is 3. The van der Waals surface area contributed by atoms with E-state index < -0.39 is 11.3 Å². The summed E-state index contributed by atoms with van der Waals surface area (Å²) in [5, 5.41) is 1.50. The molecule has 0 spiro atoms. The van der Waals surface area contributed by atoms with E-state index in [9.17, 15) is 9.59 Å². The molecule has 1 aliphatic carbocycles. The molecule has 0 aliphatic heterocycles. The van der Waals surface area contributed by atoms with E-state index in [-0.39, 0.29) is 11.7 Å². The van der Waals surface area contributed by atoms with E-state index in [1.54, 1.807) is 18.2 Å². The molecule has 0 bridgehead atoms. The normalized spacial score (nSPS) is 14.8. The Kier molecular flexibility index (Phi) is 3.96. The molecule has 0 unspecified atom stereocenters. The number of furan rings is 1. The predicted molar refractivity (Wildman–Crippen MR) is 98.9 cm³/mol. The Bertz CT molecular complexity index is 1000. The number of benzene rings is 2. The molecule has 0 atom stereocenters. The lowest BCUT2D eigenvalue weighted by Gasteiger charge is -2.16. The molecule has 132 valence electrons. The van der Waals surface area contributed by atoms with Crippen LogP contribution in [-0.2, 0) is 10.2 Å². The molecule has 2 aromatic carbocycles. The van der Waals surface area contributed by atoms with Crippen molar-refractivity contribution in [1.29, 1.82) is 0 Å². The maximum Gasteiger partial charge on any atom is 0.305 e. The minimum atomic E-state index is -0.596. The fraction of sp³-hybridized carbons (Fsp3) is 0.200. The SMILES string of the molecule is Cc1c(C(=O)NNC(=O)C2(c3ccc(Cl)cc3)CC2)oc2ccccc12. The van der Waals surface area contributed by atoms with Crippen LogP contribution in [0.5, 0.6) is 0 Å². The second kappa shape index (κ2) is 6.18. The number of halogens is 1. The quantitative estimate of drug-likeness (QED) is 0.689. The zero-order valence-electron chi connectivity index (χ0n) is 14.1. The van der Waals surface area contributed by atoms with Gasteiger partial charge in [-0.2, -0.15) is 0 Å². The zero-order chi connectivity index (χ0) is 18.3. The molecule has 26 heavy (non-hydrogen) atoms. The highest BCUT2D eigenvalue weighted by atomic mass is 35.5. The second-order valence-corrected chi connectivity index (χ2v) is 6.99. The third-order valence-corrected chi connectivity index (χ3v) is 5.17. The van der Waals surface area contributed by atoms with Gasteiger partial charge in [-0.1, -0.05) is 41.9 Å². The van der Waals surface area contributed by atoms with Crippen LogP contribution in [0.15, 0.2) is 52.9 Å². The Morgan fingerprint density at radius 2 is 1.73 bits per heavy atom. The van der Waals surface area contributed by atoms with Crippen LogP contribution in [0.3, 0.4) is 0 Å². The van der Waals surface area contributed by atoms with Crippen LogP contribution in [0, 0.1) is 6.92 Å². The van der Waals surface area contributed by atoms with Gasteiger partial charge in [0.2, 0.25) is 5.91 Å². The highest BCUT2D eigenvalue weighted by Gasteiger charge is 2.51. The van der Waals surface area contributed by atoms with Crippen molar-refractivity contribution in [3.8, 4) is 0 Å². The summed E-state index contributed by atoms with van der Waals surface area (Å²) in [7, 11) is 0. The first kappa shape index (κ1) is 16.7. The number of hydrogen-bond donors (Lipinski definition) is 2. The van der Waals surface area contributed by atoms with Gasteiger partial charge in [0.25, 0.3) is 0 Å². The van der Waals surface area contributed by atoms with E-state index >= 15 is 0 Å². The van der Waals surface area contributed by atoms with Crippen molar-refractivity contribution in [1.82, 2.24) is 10.9 Å². The fourth-order valence-electron chi connectivity index (χ4n) is 3.22. The van der Waals surface area contributed by atoms with Crippen molar-refractivity contribution < 1.29 is 14.0 Å². The molecule has 0 saturated heterocycles. The first-order valence-corrected chi connectivity index (χ1v) is 8.74. The topological polar surface area (TPSA) is 71.3 Å². The lowest BCUT2D eigenvalue weighted by Crippen LogP contribution is -2.46. The number of amides is 2. The third kappa shape index (κ3) is 2.74. The van der Waals surface area contributed by atoms with Gasteiger partial charge in [-0.05, 0) is 43.5 Å². The maximum atomic E-state index is 12.6. The molecule has 2 amide bonds. The van der Waals surface area contributed by atoms with E-state index in [2.05, 4.69) is 10.9 Å². The summed E-state index contributed by atoms with van der Waals surface area (Å²) >= 11 is 5.91. The Balaban J connectivity index is 1.48. The lowest BCUT2D eigenvalue weighted by molar-refractivity contribution is -0.124. The van der Waals surface area contributed by atoms with Crippen LogP contribution in [0.4, 0.5) is 0 Å². The third-order valence-electron chi connectivity index (χ3n) is 4.92. The van der Waals surface area contributed by atoms with Crippen molar-refractivity contribution in [2.45, 2.75) is 25.2 Å². The molecule has 3 aromatic rings. The average molecular weight is 369 g/mol. The monoisotopic (exact) mass is 368 g/mol. The van der Waals surface area contributed by atoms with Gasteiger partial charge in [0.05, 0.1) is 5.41 Å². The van der Waals surface area contributed by atoms with Crippen LogP contribution < -0.4 is 10.9 Å². The largest absolute Gasteiger partial charge is 0.451 e. The van der Waals surface area contributed by atoms with Crippen molar-refractivity contribution in [3.05, 3.63) is 70.4 Å². The summed E-state index contributed by atoms with van der Waals surface area (Å²) in [4.78, 5) is 25.0. The van der Waals surface area contributed by atoms with Gasteiger partial charge in [-0.3, -0.25) is 20.4 Å². The summed E-state index contributed by atoms with van der Waals surface area (Å²) in [6.45, 7) is 1.82. The Labute approximate surface area is 155 Å². The molecule has 4 rings (SSSR count). The number of para-hydroxylation sites is 1. The second-order valence-electron chi connectivity index (χ2n) is 6.55. The minimum absolute atomic E-state index is 0.197. The number of hydrazine groups is 1. The van der Waals surface area contributed by atoms with Crippen molar-refractivity contribution in [2.24, 2.45) is 0 Å². The zero-order valence-corrected chi connectivity index (χ0v) is 14.9. The molecule has 6 heteroatoms. The van der Waals surface area contributed by atoms with E-state index in [4.69, 9.17) is 16.0 Å². The van der Waals surface area contributed by atoms with Gasteiger partial charge in [-0.15, -0.1) is 0 Å². The van der Waals surface area contributed by atoms with Crippen LogP contribution in [0.25, 0.3) is 11.0 Å². The van der Waals surface area contributed by atoms with Gasteiger partial charge in [0, 0.05) is 16.0 Å². The molecule has 1 heterocycles. The molecule has 2 N–H and O–H groups in total. The summed E-state index contributed by atoms with van der Waals surface area (Å²) < 4.78 is 5.61. The molecule has 1 aliphatic rings. The number of fused-ring (bicyclic) bond motifs is 1. The molecule has 1 saturated carbocycles. The van der Waals surface area contributed by atoms with Gasteiger partial charge in [-0.25, -0.2) is 0 Å². The first-order valence-electron chi connectivity index (χ1n) is 8.36. The predicted octanol–water partition coefficient (Wildman–Crippen LogP) is 3.89. The molecule has 1 aromatic heterocycles. The van der Waals surface area contributed by atoms with Crippen molar-refractivity contribution >= 4 is 34.4 Å². The van der Waals surface area contributed by atoms with Crippen molar-refractivity contribution in [2.75, 3.05) is 0 Å². The summed E-state index contributed by atoms with van der Waals surface area (Å²) in [6, 6.07) is 14.6. The fourth-order valence-corrected chi connectivity index (χ4v) is 3.35. The minimum Gasteiger partial charge on any atom is -0.451 e. The number of nitrogens with one attached hydrogen (secondary N) is 2. The summed E-state index contributed by atoms with van der Waals surface area (Å²) in [5.41, 5.74) is 6.69. The number of carbonyl (C=O) groups is 2. The van der Waals surface area contributed by atoms with Crippen LogP contribution >= 0.6 is 11.6 Å². The van der Waals surface area contributed by atoms with E-state index in [1.807, 2.05) is 37.3 Å². The highest BCUT2D eigenvalue weighted by Crippen LogP contribution is 2.48. The van der Waals surface area contributed by atoms with Gasteiger partial charge in [0.15, 0.2) is 5.76 Å². The molecule has 0 radical (unpaired) electrons. The highest BCUT2D eigenvalue weighted by molar-refractivity contribution is 6.30. The van der Waals surface area contributed by atoms with E-state index in [1.165, 1.54) is 0 Å².